The molecule has 8 nitrogen and oxygen atoms in total. The number of nitrogens with one attached hydrogen (secondary N) is 1. The van der Waals surface area contributed by atoms with Crippen molar-refractivity contribution < 1.29 is 9.72 Å². The number of anilines is 1. The van der Waals surface area contributed by atoms with Gasteiger partial charge < -0.3 is 9.88 Å². The van der Waals surface area contributed by atoms with Crippen LogP contribution in [-0.2, 0) is 6.54 Å². The van der Waals surface area contributed by atoms with Crippen LogP contribution in [0.5, 0.6) is 0 Å². The van der Waals surface area contributed by atoms with Crippen LogP contribution in [0.15, 0.2) is 24.5 Å². The number of carbonyl (C=O) groups is 1. The Kier molecular flexibility index (Phi) is 3.94. The van der Waals surface area contributed by atoms with Crippen molar-refractivity contribution in [3.05, 3.63) is 45.6 Å². The molecule has 0 bridgehead atoms. The van der Waals surface area contributed by atoms with Crippen LogP contribution in [0, 0.1) is 10.1 Å². The van der Waals surface area contributed by atoms with Crippen LogP contribution in [0.4, 0.5) is 11.5 Å². The lowest BCUT2D eigenvalue weighted by atomic mass is 10.3. The van der Waals surface area contributed by atoms with Crippen molar-refractivity contribution in [2.45, 2.75) is 13.5 Å². The summed E-state index contributed by atoms with van der Waals surface area (Å²) in [6.45, 7) is 2.21. The van der Waals surface area contributed by atoms with Gasteiger partial charge in [0.1, 0.15) is 11.5 Å². The summed E-state index contributed by atoms with van der Waals surface area (Å²) >= 11 is 5.61. The number of hydrogen-bond donors (Lipinski definition) is 1. The minimum absolute atomic E-state index is 0.000320. The molecule has 0 saturated heterocycles. The average Bonchev–Trinajstić information content (AvgIpc) is 2.83. The molecule has 2 heterocycles. The number of aryl methyl sites for hydroxylation is 1. The van der Waals surface area contributed by atoms with Gasteiger partial charge in [0.25, 0.3) is 11.6 Å². The Labute approximate surface area is 118 Å². The summed E-state index contributed by atoms with van der Waals surface area (Å²) in [6, 6.07) is 2.68. The summed E-state index contributed by atoms with van der Waals surface area (Å²) in [7, 11) is 0. The van der Waals surface area contributed by atoms with E-state index in [-0.39, 0.29) is 22.5 Å². The van der Waals surface area contributed by atoms with E-state index in [1.165, 1.54) is 29.1 Å². The summed E-state index contributed by atoms with van der Waals surface area (Å²) in [5, 5.41) is 13.2. The van der Waals surface area contributed by atoms with Crippen LogP contribution in [0.3, 0.4) is 0 Å². The Morgan fingerprint density at radius 2 is 2.35 bits per heavy atom. The first-order valence-corrected chi connectivity index (χ1v) is 6.03. The second-order valence-corrected chi connectivity index (χ2v) is 4.13. The van der Waals surface area contributed by atoms with E-state index < -0.39 is 10.8 Å². The fourth-order valence-corrected chi connectivity index (χ4v) is 1.78. The molecule has 0 unspecified atom stereocenters. The van der Waals surface area contributed by atoms with Crippen molar-refractivity contribution >= 4 is 29.0 Å². The molecule has 1 N–H and O–H groups in total. The third-order valence-electron chi connectivity index (χ3n) is 2.53. The molecule has 2 aromatic heterocycles. The molecule has 0 fully saturated rings. The Hall–Kier alpha value is -2.48. The van der Waals surface area contributed by atoms with Gasteiger partial charge in [0.15, 0.2) is 0 Å². The molecular weight excluding hydrogens is 286 g/mol. The minimum atomic E-state index is -0.551. The molecule has 0 spiro atoms. The van der Waals surface area contributed by atoms with Crippen molar-refractivity contribution in [1.29, 1.82) is 0 Å². The zero-order chi connectivity index (χ0) is 14.7. The van der Waals surface area contributed by atoms with Crippen molar-refractivity contribution in [3.8, 4) is 0 Å². The number of nitro groups is 1. The predicted molar refractivity (Wildman–Crippen MR) is 71.8 cm³/mol. The van der Waals surface area contributed by atoms with Crippen LogP contribution in [0.2, 0.25) is 5.28 Å². The van der Waals surface area contributed by atoms with Gasteiger partial charge in [-0.15, -0.1) is 0 Å². The van der Waals surface area contributed by atoms with Gasteiger partial charge in [0, 0.05) is 18.8 Å². The van der Waals surface area contributed by atoms with Gasteiger partial charge in [0.2, 0.25) is 5.28 Å². The second-order valence-electron chi connectivity index (χ2n) is 3.79. The van der Waals surface area contributed by atoms with Crippen molar-refractivity contribution in [1.82, 2.24) is 14.5 Å². The Morgan fingerprint density at radius 1 is 1.60 bits per heavy atom. The smallest absolute Gasteiger partial charge is 0.287 e. The predicted octanol–water partition coefficient (Wildman–Crippen LogP) is 2.11. The molecule has 0 radical (unpaired) electrons. The molecule has 9 heteroatoms. The minimum Gasteiger partial charge on any atom is -0.337 e. The van der Waals surface area contributed by atoms with Gasteiger partial charge in [-0.05, 0) is 24.6 Å². The summed E-state index contributed by atoms with van der Waals surface area (Å²) in [5.74, 6) is -0.281. The zero-order valence-corrected chi connectivity index (χ0v) is 11.2. The fraction of sp³-hybridized carbons (Fsp3) is 0.182. The summed E-state index contributed by atoms with van der Waals surface area (Å²) in [4.78, 5) is 29.8. The van der Waals surface area contributed by atoms with Gasteiger partial charge in [-0.2, -0.15) is 0 Å². The maximum Gasteiger partial charge on any atom is 0.287 e. The fourth-order valence-electron chi connectivity index (χ4n) is 1.63. The second kappa shape index (κ2) is 5.66. The van der Waals surface area contributed by atoms with E-state index in [2.05, 4.69) is 15.3 Å². The molecular formula is C11H10ClN5O3. The third-order valence-corrected chi connectivity index (χ3v) is 2.72. The van der Waals surface area contributed by atoms with Crippen LogP contribution < -0.4 is 5.32 Å². The first-order chi connectivity index (χ1) is 9.51. The standard InChI is InChI=1S/C11H10ClN5O3/c1-2-16-6-7(17(19)20)5-8(16)10(18)14-9-3-4-13-11(12)15-9/h3-6H,2H2,1H3,(H,13,14,15,18). The highest BCUT2D eigenvalue weighted by molar-refractivity contribution is 6.28. The van der Waals surface area contributed by atoms with E-state index >= 15 is 0 Å². The molecule has 1 amide bonds. The highest BCUT2D eigenvalue weighted by atomic mass is 35.5. The molecule has 0 saturated carbocycles. The number of halogens is 1. The Morgan fingerprint density at radius 3 is 2.95 bits per heavy atom. The lowest BCUT2D eigenvalue weighted by Crippen LogP contribution is -2.17. The highest BCUT2D eigenvalue weighted by Gasteiger charge is 2.19. The van der Waals surface area contributed by atoms with Crippen LogP contribution in [0.25, 0.3) is 0 Å². The maximum absolute atomic E-state index is 12.1. The Bertz CT molecular complexity index is 670. The van der Waals surface area contributed by atoms with Crippen molar-refractivity contribution in [3.63, 3.8) is 0 Å². The average molecular weight is 296 g/mol. The van der Waals surface area contributed by atoms with Crippen LogP contribution >= 0.6 is 11.6 Å². The lowest BCUT2D eigenvalue weighted by molar-refractivity contribution is -0.384. The summed E-state index contributed by atoms with van der Waals surface area (Å²) in [5.41, 5.74) is 0.0339. The van der Waals surface area contributed by atoms with Crippen molar-refractivity contribution in [2.24, 2.45) is 0 Å². The molecule has 0 atom stereocenters. The number of aromatic nitrogens is 3. The molecule has 20 heavy (non-hydrogen) atoms. The quantitative estimate of drug-likeness (QED) is 0.528. The largest absolute Gasteiger partial charge is 0.337 e. The molecule has 0 aliphatic rings. The summed E-state index contributed by atoms with van der Waals surface area (Å²) in [6.07, 6.45) is 2.70. The lowest BCUT2D eigenvalue weighted by Gasteiger charge is -2.06. The molecule has 2 aromatic rings. The number of rotatable bonds is 4. The molecule has 0 aromatic carbocycles. The van der Waals surface area contributed by atoms with Crippen LogP contribution in [0.1, 0.15) is 17.4 Å². The third kappa shape index (κ3) is 2.91. The summed E-state index contributed by atoms with van der Waals surface area (Å²) < 4.78 is 1.48. The van der Waals surface area contributed by atoms with Crippen LogP contribution in [-0.4, -0.2) is 25.4 Å². The molecule has 104 valence electrons. The van der Waals surface area contributed by atoms with Crippen molar-refractivity contribution in [2.75, 3.05) is 5.32 Å². The number of nitrogens with zero attached hydrogens (tertiary/aromatic N) is 4. The molecule has 2 rings (SSSR count). The number of carbonyl (C=O) groups excluding carboxylic acids is 1. The number of amides is 1. The van der Waals surface area contributed by atoms with Gasteiger partial charge in [-0.1, -0.05) is 0 Å². The van der Waals surface area contributed by atoms with E-state index in [4.69, 9.17) is 11.6 Å². The van der Waals surface area contributed by atoms with Gasteiger partial charge in [-0.25, -0.2) is 9.97 Å². The SMILES string of the molecule is CCn1cc([N+](=O)[O-])cc1C(=O)Nc1ccnc(Cl)n1. The highest BCUT2D eigenvalue weighted by Crippen LogP contribution is 2.17. The first kappa shape index (κ1) is 13.9. The van der Waals surface area contributed by atoms with Gasteiger partial charge in [-0.3, -0.25) is 14.9 Å². The molecule has 0 aliphatic carbocycles. The number of hydrogen-bond acceptors (Lipinski definition) is 5. The van der Waals surface area contributed by atoms with E-state index in [0.717, 1.165) is 0 Å². The topological polar surface area (TPSA) is 103 Å². The normalized spacial score (nSPS) is 10.3. The van der Waals surface area contributed by atoms with E-state index in [1.54, 1.807) is 6.92 Å². The van der Waals surface area contributed by atoms with E-state index in [0.29, 0.717) is 6.54 Å². The monoisotopic (exact) mass is 295 g/mol. The molecule has 0 aliphatic heterocycles. The van der Waals surface area contributed by atoms with Gasteiger partial charge >= 0.3 is 0 Å². The van der Waals surface area contributed by atoms with E-state index in [1.807, 2.05) is 0 Å². The maximum atomic E-state index is 12.1. The first-order valence-electron chi connectivity index (χ1n) is 5.65. The zero-order valence-electron chi connectivity index (χ0n) is 10.4. The van der Waals surface area contributed by atoms with Gasteiger partial charge in [0.05, 0.1) is 11.1 Å². The van der Waals surface area contributed by atoms with E-state index in [9.17, 15) is 14.9 Å². The Balaban J connectivity index is 2.27.